The molecule has 34 heavy (non-hydrogen) atoms. The van der Waals surface area contributed by atoms with Gasteiger partial charge < -0.3 is 9.80 Å². The Balaban J connectivity index is 1.54. The van der Waals surface area contributed by atoms with E-state index in [2.05, 4.69) is 33.5 Å². The average molecular weight is 487 g/mol. The van der Waals surface area contributed by atoms with Crippen LogP contribution in [0.1, 0.15) is 30.9 Å². The fourth-order valence-electron chi connectivity index (χ4n) is 4.35. The van der Waals surface area contributed by atoms with Gasteiger partial charge in [-0.15, -0.1) is 5.10 Å². The highest BCUT2D eigenvalue weighted by molar-refractivity contribution is 8.14. The maximum atomic E-state index is 15.2. The molecule has 2 aliphatic heterocycles. The van der Waals surface area contributed by atoms with E-state index in [1.54, 1.807) is 12.1 Å². The fourth-order valence-corrected chi connectivity index (χ4v) is 5.09. The monoisotopic (exact) mass is 486 g/mol. The van der Waals surface area contributed by atoms with Gasteiger partial charge in [0.1, 0.15) is 5.82 Å². The minimum Gasteiger partial charge on any atom is -0.341 e. The first kappa shape index (κ1) is 24.5. The molecule has 8 heteroatoms. The van der Waals surface area contributed by atoms with Crippen molar-refractivity contribution >= 4 is 28.2 Å². The van der Waals surface area contributed by atoms with Crippen molar-refractivity contribution in [3.8, 4) is 0 Å². The van der Waals surface area contributed by atoms with Crippen molar-refractivity contribution in [2.75, 3.05) is 30.3 Å². The Morgan fingerprint density at radius 1 is 1.15 bits per heavy atom. The predicted molar refractivity (Wildman–Crippen MR) is 135 cm³/mol. The van der Waals surface area contributed by atoms with Crippen LogP contribution in [0, 0.1) is 11.7 Å². The zero-order valence-corrected chi connectivity index (χ0v) is 20.1. The molecule has 0 bridgehead atoms. The molecule has 0 atom stereocenters. The highest BCUT2D eigenvalue weighted by atomic mass is 32.2. The number of allylic oxidation sites excluding steroid dienone is 1. The predicted octanol–water partition coefficient (Wildman–Crippen LogP) is 6.19. The second-order valence-electron chi connectivity index (χ2n) is 8.50. The van der Waals surface area contributed by atoms with E-state index in [1.165, 1.54) is 6.07 Å². The first-order valence-electron chi connectivity index (χ1n) is 11.5. The van der Waals surface area contributed by atoms with Crippen molar-refractivity contribution in [1.29, 1.82) is 0 Å². The smallest absolute Gasteiger partial charge is 0.288 e. The Kier molecular flexibility index (Phi) is 8.11. The lowest BCUT2D eigenvalue weighted by Gasteiger charge is -2.37. The summed E-state index contributed by atoms with van der Waals surface area (Å²) >= 11 is 0.937. The van der Waals surface area contributed by atoms with Gasteiger partial charge in [-0.2, -0.15) is 5.10 Å². The van der Waals surface area contributed by atoms with Gasteiger partial charge in [0.15, 0.2) is 5.04 Å². The van der Waals surface area contributed by atoms with Crippen molar-refractivity contribution in [2.24, 2.45) is 16.1 Å². The Morgan fingerprint density at radius 2 is 1.88 bits per heavy atom. The first-order chi connectivity index (χ1) is 16.5. The van der Waals surface area contributed by atoms with Crippen LogP contribution >= 0.6 is 11.8 Å². The van der Waals surface area contributed by atoms with E-state index in [0.717, 1.165) is 55.6 Å². The number of rotatable bonds is 8. The molecule has 0 unspecified atom stereocenters. The zero-order valence-electron chi connectivity index (χ0n) is 19.3. The number of nitrogens with zero attached hydrogens (tertiary/aromatic N) is 4. The van der Waals surface area contributed by atoms with Gasteiger partial charge in [-0.25, -0.2) is 13.2 Å². The van der Waals surface area contributed by atoms with Crippen LogP contribution in [-0.2, 0) is 6.54 Å². The number of para-hydroxylation sites is 1. The third kappa shape index (κ3) is 5.73. The van der Waals surface area contributed by atoms with Crippen LogP contribution in [0.3, 0.4) is 0 Å². The molecular weight excluding hydrogens is 457 g/mol. The molecule has 0 N–H and O–H groups in total. The van der Waals surface area contributed by atoms with Gasteiger partial charge in [0.25, 0.3) is 6.43 Å². The highest BCUT2D eigenvalue weighted by Gasteiger charge is 2.26. The molecule has 2 heterocycles. The number of thioether (sulfide) groups is 1. The molecule has 0 aliphatic carbocycles. The van der Waals surface area contributed by atoms with Crippen molar-refractivity contribution in [2.45, 2.75) is 32.7 Å². The molecule has 2 aliphatic rings. The Morgan fingerprint density at radius 3 is 2.47 bits per heavy atom. The SMILES string of the molecule is C=C(C1CCN(CC)CC1)N(Cc1ccc(C2=NN=C(C(F)F)SC2)cc1F)c1ccccc1. The Hall–Kier alpha value is -2.58. The summed E-state index contributed by atoms with van der Waals surface area (Å²) < 4.78 is 40.7. The van der Waals surface area contributed by atoms with Gasteiger partial charge in [-0.1, -0.05) is 55.6 Å². The summed E-state index contributed by atoms with van der Waals surface area (Å²) in [5, 5.41) is 7.17. The Labute approximate surface area is 203 Å². The highest BCUT2D eigenvalue weighted by Crippen LogP contribution is 2.32. The van der Waals surface area contributed by atoms with Gasteiger partial charge in [-0.05, 0) is 50.7 Å². The largest absolute Gasteiger partial charge is 0.341 e. The normalized spacial score (nSPS) is 17.4. The van der Waals surface area contributed by atoms with E-state index in [4.69, 9.17) is 0 Å². The van der Waals surface area contributed by atoms with Crippen molar-refractivity contribution < 1.29 is 13.2 Å². The second kappa shape index (κ2) is 11.2. The Bertz CT molecular complexity index is 1060. The van der Waals surface area contributed by atoms with E-state index in [-0.39, 0.29) is 16.6 Å². The van der Waals surface area contributed by atoms with Gasteiger partial charge >= 0.3 is 0 Å². The van der Waals surface area contributed by atoms with Crippen molar-refractivity contribution in [3.05, 3.63) is 77.8 Å². The van der Waals surface area contributed by atoms with Crippen LogP contribution in [-0.4, -0.2) is 47.5 Å². The van der Waals surface area contributed by atoms with Crippen LogP contribution in [0.5, 0.6) is 0 Å². The summed E-state index contributed by atoms with van der Waals surface area (Å²) in [6, 6.07) is 14.9. The van der Waals surface area contributed by atoms with Crippen LogP contribution in [0.15, 0.2) is 71.0 Å². The molecule has 2 aromatic rings. The zero-order chi connectivity index (χ0) is 24.1. The third-order valence-corrected chi connectivity index (χ3v) is 7.42. The van der Waals surface area contributed by atoms with E-state index in [0.29, 0.717) is 29.3 Å². The molecule has 0 saturated carbocycles. The maximum Gasteiger partial charge on any atom is 0.288 e. The van der Waals surface area contributed by atoms with E-state index in [9.17, 15) is 8.78 Å². The van der Waals surface area contributed by atoms with Crippen molar-refractivity contribution in [3.63, 3.8) is 0 Å². The molecular formula is C26H29F3N4S. The molecule has 0 spiro atoms. The molecule has 4 nitrogen and oxygen atoms in total. The molecule has 2 aromatic carbocycles. The van der Waals surface area contributed by atoms with Crippen LogP contribution in [0.2, 0.25) is 0 Å². The number of hydrogen-bond acceptors (Lipinski definition) is 5. The van der Waals surface area contributed by atoms with Gasteiger partial charge in [0, 0.05) is 34.2 Å². The van der Waals surface area contributed by atoms with E-state index in [1.807, 2.05) is 30.3 Å². The molecule has 0 amide bonds. The lowest BCUT2D eigenvalue weighted by molar-refractivity contribution is 0.206. The average Bonchev–Trinajstić information content (AvgIpc) is 2.88. The lowest BCUT2D eigenvalue weighted by Crippen LogP contribution is -2.37. The fraction of sp³-hybridized carbons (Fsp3) is 0.385. The number of piperidine rings is 1. The topological polar surface area (TPSA) is 31.2 Å². The van der Waals surface area contributed by atoms with Crippen LogP contribution < -0.4 is 4.90 Å². The summed E-state index contributed by atoms with van der Waals surface area (Å²) in [6.07, 6.45) is -0.563. The summed E-state index contributed by atoms with van der Waals surface area (Å²) in [4.78, 5) is 4.55. The van der Waals surface area contributed by atoms with Crippen LogP contribution in [0.4, 0.5) is 18.9 Å². The standard InChI is InChI=1S/C26H29F3N4S/c1-3-32-13-11-19(12-14-32)18(2)33(22-7-5-4-6-8-22)16-21-10-9-20(15-23(21)27)24-17-34-26(25(28)29)31-30-24/h4-10,15,19,25H,2-3,11-14,16-17H2,1H3. The van der Waals surface area contributed by atoms with Gasteiger partial charge in [-0.3, -0.25) is 0 Å². The summed E-state index contributed by atoms with van der Waals surface area (Å²) in [5.41, 5.74) is 3.58. The number of hydrogen-bond donors (Lipinski definition) is 0. The lowest BCUT2D eigenvalue weighted by atomic mass is 9.92. The molecule has 0 radical (unpaired) electrons. The number of anilines is 1. The van der Waals surface area contributed by atoms with Gasteiger partial charge in [0.2, 0.25) is 0 Å². The summed E-state index contributed by atoms with van der Waals surface area (Å²) in [7, 11) is 0. The number of alkyl halides is 2. The molecule has 1 saturated heterocycles. The minimum atomic E-state index is -2.64. The van der Waals surface area contributed by atoms with Gasteiger partial charge in [0.05, 0.1) is 12.3 Å². The quantitative estimate of drug-likeness (QED) is 0.446. The molecule has 4 rings (SSSR count). The second-order valence-corrected chi connectivity index (χ2v) is 9.50. The third-order valence-electron chi connectivity index (χ3n) is 6.45. The maximum absolute atomic E-state index is 15.2. The number of likely N-dealkylation sites (tertiary alicyclic amines) is 1. The molecule has 0 aromatic heterocycles. The first-order valence-corrected chi connectivity index (χ1v) is 12.5. The minimum absolute atomic E-state index is 0.241. The van der Waals surface area contributed by atoms with E-state index < -0.39 is 6.43 Å². The summed E-state index contributed by atoms with van der Waals surface area (Å²) in [6.45, 7) is 10.1. The van der Waals surface area contributed by atoms with Crippen molar-refractivity contribution in [1.82, 2.24) is 4.90 Å². The number of halogens is 3. The summed E-state index contributed by atoms with van der Waals surface area (Å²) in [5.74, 6) is 0.231. The molecule has 180 valence electrons. The van der Waals surface area contributed by atoms with Crippen LogP contribution in [0.25, 0.3) is 0 Å². The molecule has 1 fully saturated rings. The number of benzene rings is 2. The van der Waals surface area contributed by atoms with E-state index >= 15 is 4.39 Å².